The molecule has 0 bridgehead atoms. The number of amides is 1. The summed E-state index contributed by atoms with van der Waals surface area (Å²) in [5.41, 5.74) is 4.23. The predicted molar refractivity (Wildman–Crippen MR) is 114 cm³/mol. The van der Waals surface area contributed by atoms with E-state index in [1.807, 2.05) is 61.7 Å². The molecule has 3 aromatic rings. The van der Waals surface area contributed by atoms with E-state index in [0.717, 1.165) is 34.1 Å². The van der Waals surface area contributed by atoms with E-state index >= 15 is 0 Å². The van der Waals surface area contributed by atoms with Gasteiger partial charge in [0.05, 0.1) is 5.56 Å². The third kappa shape index (κ3) is 3.80. The molecule has 0 unspecified atom stereocenters. The normalized spacial score (nSPS) is 12.5. The topological polar surface area (TPSA) is 81.5 Å². The first-order valence-corrected chi connectivity index (χ1v) is 9.79. The van der Waals surface area contributed by atoms with Gasteiger partial charge in [0.15, 0.2) is 11.5 Å². The fourth-order valence-corrected chi connectivity index (χ4v) is 3.51. The van der Waals surface area contributed by atoms with Crippen LogP contribution < -0.4 is 19.7 Å². The number of aryl methyl sites for hydroxylation is 1. The second-order valence-corrected chi connectivity index (χ2v) is 7.42. The molecule has 8 nitrogen and oxygen atoms in total. The maximum atomic E-state index is 12.8. The highest BCUT2D eigenvalue weighted by Gasteiger charge is 2.19. The van der Waals surface area contributed by atoms with Gasteiger partial charge in [0.1, 0.15) is 13.2 Å². The monoisotopic (exact) mass is 407 g/mol. The van der Waals surface area contributed by atoms with Gasteiger partial charge in [-0.2, -0.15) is 0 Å². The lowest BCUT2D eigenvalue weighted by atomic mass is 10.2. The molecule has 2 aromatic heterocycles. The summed E-state index contributed by atoms with van der Waals surface area (Å²) in [4.78, 5) is 23.2. The van der Waals surface area contributed by atoms with Crippen molar-refractivity contribution < 1.29 is 14.3 Å². The second-order valence-electron chi connectivity index (χ2n) is 7.42. The summed E-state index contributed by atoms with van der Waals surface area (Å²) in [7, 11) is 3.77. The molecular formula is C22H25N5O3. The number of fused-ring (bicyclic) bond motifs is 1. The first-order valence-electron chi connectivity index (χ1n) is 9.79. The van der Waals surface area contributed by atoms with Gasteiger partial charge in [0, 0.05) is 61.7 Å². The van der Waals surface area contributed by atoms with Crippen molar-refractivity contribution in [2.75, 3.05) is 32.2 Å². The molecule has 0 fully saturated rings. The second kappa shape index (κ2) is 8.06. The Kier molecular flexibility index (Phi) is 5.31. The fourth-order valence-electron chi connectivity index (χ4n) is 3.51. The number of hydrogen-bond donors (Lipinski definition) is 1. The van der Waals surface area contributed by atoms with Gasteiger partial charge in [-0.25, -0.2) is 9.97 Å². The van der Waals surface area contributed by atoms with Crippen molar-refractivity contribution in [3.8, 4) is 17.2 Å². The van der Waals surface area contributed by atoms with Crippen molar-refractivity contribution in [2.45, 2.75) is 20.4 Å². The maximum Gasteiger partial charge on any atom is 0.253 e. The van der Waals surface area contributed by atoms with Crippen LogP contribution in [0.3, 0.4) is 0 Å². The van der Waals surface area contributed by atoms with Gasteiger partial charge in [0.2, 0.25) is 5.95 Å². The number of benzene rings is 1. The van der Waals surface area contributed by atoms with Crippen LogP contribution in [0.2, 0.25) is 0 Å². The Morgan fingerprint density at radius 2 is 1.80 bits per heavy atom. The van der Waals surface area contributed by atoms with Gasteiger partial charge in [0.25, 0.3) is 5.91 Å². The average Bonchev–Trinajstić information content (AvgIpc) is 3.06. The minimum absolute atomic E-state index is 0.136. The van der Waals surface area contributed by atoms with E-state index in [2.05, 4.69) is 15.3 Å². The van der Waals surface area contributed by atoms with Crippen LogP contribution in [-0.4, -0.2) is 47.8 Å². The van der Waals surface area contributed by atoms with Crippen LogP contribution in [0.4, 0.5) is 5.95 Å². The Morgan fingerprint density at radius 3 is 2.50 bits per heavy atom. The zero-order chi connectivity index (χ0) is 21.3. The largest absolute Gasteiger partial charge is 0.486 e. The lowest BCUT2D eigenvalue weighted by molar-refractivity contribution is 0.0950. The highest BCUT2D eigenvalue weighted by molar-refractivity contribution is 5.95. The summed E-state index contributed by atoms with van der Waals surface area (Å²) >= 11 is 0. The molecule has 4 rings (SSSR count). The summed E-state index contributed by atoms with van der Waals surface area (Å²) in [6.45, 7) is 5.37. The minimum Gasteiger partial charge on any atom is -0.486 e. The van der Waals surface area contributed by atoms with Gasteiger partial charge in [-0.05, 0) is 32.0 Å². The van der Waals surface area contributed by atoms with Crippen molar-refractivity contribution >= 4 is 11.9 Å². The summed E-state index contributed by atoms with van der Waals surface area (Å²) in [5, 5.41) is 2.96. The molecule has 1 N–H and O–H groups in total. The first kappa shape index (κ1) is 19.8. The number of nitrogens with one attached hydrogen (secondary N) is 1. The Bertz CT molecular complexity index is 1070. The van der Waals surface area contributed by atoms with Crippen molar-refractivity contribution in [3.63, 3.8) is 0 Å². The molecule has 8 heteroatoms. The van der Waals surface area contributed by atoms with E-state index in [-0.39, 0.29) is 5.91 Å². The third-order valence-corrected chi connectivity index (χ3v) is 5.00. The molecule has 0 saturated heterocycles. The highest BCUT2D eigenvalue weighted by atomic mass is 16.6. The van der Waals surface area contributed by atoms with E-state index in [9.17, 15) is 4.79 Å². The molecule has 0 aliphatic carbocycles. The predicted octanol–water partition coefficient (Wildman–Crippen LogP) is 2.65. The van der Waals surface area contributed by atoms with Gasteiger partial charge in [-0.1, -0.05) is 0 Å². The summed E-state index contributed by atoms with van der Waals surface area (Å²) in [5.74, 6) is 1.96. The van der Waals surface area contributed by atoms with Crippen molar-refractivity contribution in [3.05, 3.63) is 59.2 Å². The van der Waals surface area contributed by atoms with Crippen molar-refractivity contribution in [1.29, 1.82) is 0 Å². The van der Waals surface area contributed by atoms with Gasteiger partial charge in [-0.3, -0.25) is 4.79 Å². The molecule has 1 aliphatic rings. The van der Waals surface area contributed by atoms with Crippen molar-refractivity contribution in [1.82, 2.24) is 19.9 Å². The quantitative estimate of drug-likeness (QED) is 0.700. The van der Waals surface area contributed by atoms with Crippen LogP contribution in [0.25, 0.3) is 5.69 Å². The standard InChI is InChI=1S/C22H25N5O3/c1-14-9-18(21(28)23-11-16-12-24-22(25-13-16)26(3)4)15(2)27(14)17-5-6-19-20(10-17)30-8-7-29-19/h5-6,9-10,12-13H,7-8,11H2,1-4H3,(H,23,28). The molecule has 0 atom stereocenters. The fraction of sp³-hybridized carbons (Fsp3) is 0.318. The van der Waals surface area contributed by atoms with Crippen LogP contribution in [0.1, 0.15) is 27.3 Å². The number of aromatic nitrogens is 3. The molecule has 1 amide bonds. The van der Waals surface area contributed by atoms with E-state index in [1.54, 1.807) is 12.4 Å². The molecule has 156 valence electrons. The lowest BCUT2D eigenvalue weighted by Crippen LogP contribution is -2.23. The molecule has 1 aromatic carbocycles. The zero-order valence-electron chi connectivity index (χ0n) is 17.6. The lowest BCUT2D eigenvalue weighted by Gasteiger charge is -2.20. The average molecular weight is 407 g/mol. The van der Waals surface area contributed by atoms with E-state index in [4.69, 9.17) is 9.47 Å². The SMILES string of the molecule is Cc1cc(C(=O)NCc2cnc(N(C)C)nc2)c(C)n1-c1ccc2c(c1)OCCO2. The molecule has 0 saturated carbocycles. The first-order chi connectivity index (χ1) is 14.4. The van der Waals surface area contributed by atoms with Gasteiger partial charge in [-0.15, -0.1) is 0 Å². The molecule has 1 aliphatic heterocycles. The van der Waals surface area contributed by atoms with Crippen LogP contribution in [0.5, 0.6) is 11.5 Å². The number of hydrogen-bond acceptors (Lipinski definition) is 6. The van der Waals surface area contributed by atoms with Crippen LogP contribution in [0, 0.1) is 13.8 Å². The van der Waals surface area contributed by atoms with E-state index in [0.29, 0.717) is 31.3 Å². The maximum absolute atomic E-state index is 12.8. The molecular weight excluding hydrogens is 382 g/mol. The Labute approximate surface area is 175 Å². The molecule has 3 heterocycles. The van der Waals surface area contributed by atoms with E-state index in [1.165, 1.54) is 0 Å². The zero-order valence-corrected chi connectivity index (χ0v) is 17.6. The Morgan fingerprint density at radius 1 is 1.10 bits per heavy atom. The summed E-state index contributed by atoms with van der Waals surface area (Å²) in [6, 6.07) is 7.71. The van der Waals surface area contributed by atoms with Gasteiger partial charge < -0.3 is 24.3 Å². The number of carbonyl (C=O) groups is 1. The number of carbonyl (C=O) groups excluding carboxylic acids is 1. The van der Waals surface area contributed by atoms with Gasteiger partial charge >= 0.3 is 0 Å². The number of anilines is 1. The molecule has 0 radical (unpaired) electrons. The van der Waals surface area contributed by atoms with Crippen LogP contribution in [-0.2, 0) is 6.54 Å². The summed E-state index contributed by atoms with van der Waals surface area (Å²) in [6.07, 6.45) is 3.45. The van der Waals surface area contributed by atoms with Crippen LogP contribution >= 0.6 is 0 Å². The molecule has 0 spiro atoms. The number of rotatable bonds is 5. The highest BCUT2D eigenvalue weighted by Crippen LogP contribution is 2.33. The minimum atomic E-state index is -0.136. The number of ether oxygens (including phenoxy) is 2. The van der Waals surface area contributed by atoms with Crippen molar-refractivity contribution in [2.24, 2.45) is 0 Å². The van der Waals surface area contributed by atoms with E-state index < -0.39 is 0 Å². The third-order valence-electron chi connectivity index (χ3n) is 5.00. The smallest absolute Gasteiger partial charge is 0.253 e. The summed E-state index contributed by atoms with van der Waals surface area (Å²) < 4.78 is 13.3. The Balaban J connectivity index is 1.52. The Hall–Kier alpha value is -3.55. The molecule has 30 heavy (non-hydrogen) atoms. The van der Waals surface area contributed by atoms with Crippen LogP contribution in [0.15, 0.2) is 36.7 Å². The number of nitrogens with zero attached hydrogens (tertiary/aromatic N) is 4.